The molecule has 0 spiro atoms. The molecule has 0 radical (unpaired) electrons. The summed E-state index contributed by atoms with van der Waals surface area (Å²) in [5.41, 5.74) is 1.94. The van der Waals surface area contributed by atoms with Crippen molar-refractivity contribution in [2.24, 2.45) is 0 Å². The molecule has 0 bridgehead atoms. The first kappa shape index (κ1) is 20.2. The van der Waals surface area contributed by atoms with E-state index in [9.17, 15) is 23.3 Å². The van der Waals surface area contributed by atoms with Crippen LogP contribution in [0.25, 0.3) is 5.69 Å². The van der Waals surface area contributed by atoms with E-state index in [-0.39, 0.29) is 16.1 Å². The minimum Gasteiger partial charge on any atom is -0.306 e. The normalized spacial score (nSPS) is 11.3. The first-order chi connectivity index (χ1) is 13.6. The zero-order chi connectivity index (χ0) is 21.3. The Balaban J connectivity index is 1.96. The molecule has 0 aliphatic heterocycles. The first-order valence-corrected chi connectivity index (χ1v) is 10.4. The lowest BCUT2D eigenvalue weighted by molar-refractivity contribution is -0.384. The minimum atomic E-state index is -3.46. The predicted molar refractivity (Wildman–Crippen MR) is 107 cm³/mol. The summed E-state index contributed by atoms with van der Waals surface area (Å²) in [6.07, 6.45) is 1.08. The van der Waals surface area contributed by atoms with Crippen molar-refractivity contribution in [1.29, 1.82) is 0 Å². The van der Waals surface area contributed by atoms with Crippen LogP contribution < -0.4 is 5.32 Å². The fourth-order valence-corrected chi connectivity index (χ4v) is 3.41. The third-order valence-electron chi connectivity index (χ3n) is 4.26. The number of sulfone groups is 1. The van der Waals surface area contributed by atoms with Crippen LogP contribution in [0.1, 0.15) is 21.6 Å². The second-order valence-corrected chi connectivity index (χ2v) is 8.58. The highest BCUT2D eigenvalue weighted by atomic mass is 32.2. The molecule has 9 nitrogen and oxygen atoms in total. The number of hydrogen-bond donors (Lipinski definition) is 1. The molecule has 1 N–H and O–H groups in total. The van der Waals surface area contributed by atoms with Gasteiger partial charge < -0.3 is 5.32 Å². The molecule has 0 atom stereocenters. The second-order valence-electron chi connectivity index (χ2n) is 6.56. The van der Waals surface area contributed by atoms with E-state index in [4.69, 9.17) is 0 Å². The predicted octanol–water partition coefficient (Wildman–Crippen LogP) is 3.05. The van der Waals surface area contributed by atoms with Crippen LogP contribution in [0, 0.1) is 24.0 Å². The van der Waals surface area contributed by atoms with E-state index in [0.717, 1.165) is 6.26 Å². The molecule has 29 heavy (non-hydrogen) atoms. The van der Waals surface area contributed by atoms with E-state index in [1.807, 2.05) is 0 Å². The van der Waals surface area contributed by atoms with Crippen molar-refractivity contribution in [2.45, 2.75) is 18.7 Å². The summed E-state index contributed by atoms with van der Waals surface area (Å²) in [5.74, 6) is -0.137. The maximum atomic E-state index is 12.8. The number of nitro benzene ring substituents is 1. The average molecular weight is 414 g/mol. The van der Waals surface area contributed by atoms with Gasteiger partial charge in [-0.15, -0.1) is 0 Å². The van der Waals surface area contributed by atoms with Gasteiger partial charge in [0, 0.05) is 30.0 Å². The number of rotatable bonds is 5. The van der Waals surface area contributed by atoms with Crippen LogP contribution in [0.2, 0.25) is 0 Å². The summed E-state index contributed by atoms with van der Waals surface area (Å²) in [7, 11) is -3.46. The van der Waals surface area contributed by atoms with Crippen LogP contribution in [0.5, 0.6) is 0 Å². The molecule has 1 heterocycles. The van der Waals surface area contributed by atoms with Crippen molar-refractivity contribution in [1.82, 2.24) is 9.78 Å². The molecule has 3 aromatic rings. The highest BCUT2D eigenvalue weighted by Gasteiger charge is 2.17. The van der Waals surface area contributed by atoms with Crippen molar-refractivity contribution in [3.05, 3.63) is 75.5 Å². The van der Waals surface area contributed by atoms with Gasteiger partial charge in [-0.3, -0.25) is 14.9 Å². The van der Waals surface area contributed by atoms with Crippen LogP contribution in [-0.2, 0) is 9.84 Å². The smallest absolute Gasteiger partial charge is 0.269 e. The maximum Gasteiger partial charge on any atom is 0.269 e. The fourth-order valence-electron chi connectivity index (χ4n) is 2.76. The molecule has 2 aromatic carbocycles. The Bertz CT molecular complexity index is 1210. The summed E-state index contributed by atoms with van der Waals surface area (Å²) >= 11 is 0. The number of nitro groups is 1. The van der Waals surface area contributed by atoms with E-state index in [0.29, 0.717) is 22.8 Å². The van der Waals surface area contributed by atoms with Crippen molar-refractivity contribution >= 4 is 27.2 Å². The molecule has 1 amide bonds. The van der Waals surface area contributed by atoms with Gasteiger partial charge in [0.05, 0.1) is 21.2 Å². The highest BCUT2D eigenvalue weighted by Crippen LogP contribution is 2.22. The number of aromatic nitrogens is 2. The Morgan fingerprint density at radius 1 is 1.10 bits per heavy atom. The standard InChI is InChI=1S/C19H18N4O5S/c1-12-4-9-16(29(3,27)28)11-17(12)19(24)20-18-10-13(2)21-22(18)14-5-7-15(8-6-14)23(25)26/h4-11H,1-3H3,(H,20,24). The summed E-state index contributed by atoms with van der Waals surface area (Å²) in [5, 5.41) is 17.9. The van der Waals surface area contributed by atoms with Gasteiger partial charge in [-0.25, -0.2) is 13.1 Å². The van der Waals surface area contributed by atoms with Gasteiger partial charge in [0.15, 0.2) is 9.84 Å². The Kier molecular flexibility index (Phi) is 5.21. The van der Waals surface area contributed by atoms with Crippen LogP contribution in [0.15, 0.2) is 53.4 Å². The van der Waals surface area contributed by atoms with Crippen molar-refractivity contribution in [3.8, 4) is 5.69 Å². The highest BCUT2D eigenvalue weighted by molar-refractivity contribution is 7.90. The summed E-state index contributed by atoms with van der Waals surface area (Å²) in [6, 6.07) is 11.7. The largest absolute Gasteiger partial charge is 0.306 e. The molecule has 0 saturated heterocycles. The van der Waals surface area contributed by atoms with Crippen molar-refractivity contribution < 1.29 is 18.1 Å². The molecule has 150 valence electrons. The molecule has 3 rings (SSSR count). The number of amides is 1. The van der Waals surface area contributed by atoms with E-state index >= 15 is 0 Å². The SMILES string of the molecule is Cc1cc(NC(=O)c2cc(S(C)(=O)=O)ccc2C)n(-c2ccc([N+](=O)[O-])cc2)n1. The van der Waals surface area contributed by atoms with Gasteiger partial charge in [0.2, 0.25) is 0 Å². The van der Waals surface area contributed by atoms with E-state index in [1.165, 1.54) is 41.1 Å². The number of non-ortho nitro benzene ring substituents is 1. The Morgan fingerprint density at radius 2 is 1.76 bits per heavy atom. The zero-order valence-corrected chi connectivity index (χ0v) is 16.7. The third-order valence-corrected chi connectivity index (χ3v) is 5.37. The van der Waals surface area contributed by atoms with Crippen LogP contribution in [-0.4, -0.2) is 35.3 Å². The van der Waals surface area contributed by atoms with E-state index in [1.54, 1.807) is 26.0 Å². The molecule has 0 saturated carbocycles. The zero-order valence-electron chi connectivity index (χ0n) is 15.9. The second kappa shape index (κ2) is 7.47. The third kappa shape index (κ3) is 4.32. The molecule has 0 fully saturated rings. The number of nitrogens with one attached hydrogen (secondary N) is 1. The van der Waals surface area contributed by atoms with Gasteiger partial charge >= 0.3 is 0 Å². The molecule has 0 unspecified atom stereocenters. The van der Waals surface area contributed by atoms with Crippen LogP contribution >= 0.6 is 0 Å². The molecule has 0 aliphatic rings. The Hall–Kier alpha value is -3.53. The van der Waals surface area contributed by atoms with Crippen LogP contribution in [0.3, 0.4) is 0 Å². The fraction of sp³-hybridized carbons (Fsp3) is 0.158. The molecule has 1 aromatic heterocycles. The summed E-state index contributed by atoms with van der Waals surface area (Å²) < 4.78 is 25.1. The quantitative estimate of drug-likeness (QED) is 0.505. The summed E-state index contributed by atoms with van der Waals surface area (Å²) in [4.78, 5) is 23.2. The lowest BCUT2D eigenvalue weighted by Crippen LogP contribution is -2.17. The minimum absolute atomic E-state index is 0.0494. The Labute approximate surface area is 167 Å². The van der Waals surface area contributed by atoms with Crippen LogP contribution in [0.4, 0.5) is 11.5 Å². The number of carbonyl (C=O) groups is 1. The van der Waals surface area contributed by atoms with Crippen molar-refractivity contribution in [3.63, 3.8) is 0 Å². The van der Waals surface area contributed by atoms with Gasteiger partial charge in [-0.2, -0.15) is 5.10 Å². The summed E-state index contributed by atoms with van der Waals surface area (Å²) in [6.45, 7) is 3.45. The lowest BCUT2D eigenvalue weighted by atomic mass is 10.1. The molecular weight excluding hydrogens is 396 g/mol. The van der Waals surface area contributed by atoms with Crippen molar-refractivity contribution in [2.75, 3.05) is 11.6 Å². The van der Waals surface area contributed by atoms with Gasteiger partial charge in [-0.1, -0.05) is 6.07 Å². The maximum absolute atomic E-state index is 12.8. The number of nitrogens with zero attached hydrogens (tertiary/aromatic N) is 3. The number of aryl methyl sites for hydroxylation is 2. The number of benzene rings is 2. The monoisotopic (exact) mass is 414 g/mol. The van der Waals surface area contributed by atoms with E-state index < -0.39 is 20.7 Å². The number of carbonyl (C=O) groups excluding carboxylic acids is 1. The molecule has 10 heteroatoms. The van der Waals surface area contributed by atoms with E-state index in [2.05, 4.69) is 10.4 Å². The average Bonchev–Trinajstić information content (AvgIpc) is 3.01. The number of hydrogen-bond acceptors (Lipinski definition) is 6. The first-order valence-electron chi connectivity index (χ1n) is 8.50. The molecule has 0 aliphatic carbocycles. The molecular formula is C19H18N4O5S. The van der Waals surface area contributed by atoms with Gasteiger partial charge in [0.25, 0.3) is 11.6 Å². The topological polar surface area (TPSA) is 124 Å². The lowest BCUT2D eigenvalue weighted by Gasteiger charge is -2.11. The number of anilines is 1. The van der Waals surface area contributed by atoms with Gasteiger partial charge in [0.1, 0.15) is 5.82 Å². The Morgan fingerprint density at radius 3 is 2.34 bits per heavy atom. The van der Waals surface area contributed by atoms with Gasteiger partial charge in [-0.05, 0) is 43.7 Å².